The smallest absolute Gasteiger partial charge is 0.250 e. The Morgan fingerprint density at radius 3 is 2.40 bits per heavy atom. The number of carbonyl (C=O) groups is 2. The van der Waals surface area contributed by atoms with E-state index in [-0.39, 0.29) is 18.4 Å². The van der Waals surface area contributed by atoms with Gasteiger partial charge >= 0.3 is 0 Å². The Morgan fingerprint density at radius 2 is 1.80 bits per heavy atom. The summed E-state index contributed by atoms with van der Waals surface area (Å²) in [4.78, 5) is 23.0. The summed E-state index contributed by atoms with van der Waals surface area (Å²) in [6.45, 7) is 0.587. The second kappa shape index (κ2) is 9.06. The molecule has 1 aromatic rings. The fourth-order valence-electron chi connectivity index (χ4n) is 1.66. The van der Waals surface area contributed by atoms with E-state index in [2.05, 4.69) is 10.6 Å². The fourth-order valence-corrected chi connectivity index (χ4v) is 1.66. The summed E-state index contributed by atoms with van der Waals surface area (Å²) in [5.41, 5.74) is 6.64. The molecule has 0 radical (unpaired) electrons. The minimum atomic E-state index is -0.237. The van der Waals surface area contributed by atoms with E-state index in [0.29, 0.717) is 24.3 Å². The molecule has 0 fully saturated rings. The van der Waals surface area contributed by atoms with E-state index in [9.17, 15) is 9.59 Å². The molecule has 0 aromatic heterocycles. The number of hydrogen-bond donors (Lipinski definition) is 3. The van der Waals surface area contributed by atoms with Gasteiger partial charge in [-0.25, -0.2) is 0 Å². The van der Waals surface area contributed by atoms with Crippen molar-refractivity contribution in [1.82, 2.24) is 0 Å². The third kappa shape index (κ3) is 6.31. The number of rotatable bonds is 8. The molecule has 20 heavy (non-hydrogen) atoms. The topological polar surface area (TPSA) is 93.5 Å². The van der Waals surface area contributed by atoms with Gasteiger partial charge in [-0.1, -0.05) is 6.07 Å². The average molecular weight is 279 g/mol. The predicted octanol–water partition coefficient (Wildman–Crippen LogP) is 1.34. The molecule has 0 saturated carbocycles. The van der Waals surface area contributed by atoms with Crippen LogP contribution in [0.5, 0.6) is 0 Å². The molecule has 0 atom stereocenters. The molecule has 0 bridgehead atoms. The van der Waals surface area contributed by atoms with E-state index in [4.69, 9.17) is 10.5 Å². The molecule has 0 aliphatic rings. The van der Waals surface area contributed by atoms with Gasteiger partial charge in [0, 0.05) is 24.9 Å². The lowest BCUT2D eigenvalue weighted by atomic mass is 10.2. The van der Waals surface area contributed by atoms with E-state index in [1.54, 1.807) is 24.3 Å². The van der Waals surface area contributed by atoms with E-state index in [1.165, 1.54) is 7.11 Å². The highest BCUT2D eigenvalue weighted by Gasteiger charge is 2.05. The Labute approximate surface area is 118 Å². The predicted molar refractivity (Wildman–Crippen MR) is 78.5 cm³/mol. The first-order valence-electron chi connectivity index (χ1n) is 6.54. The number of methoxy groups -OCH3 is 1. The van der Waals surface area contributed by atoms with Crippen molar-refractivity contribution < 1.29 is 14.3 Å². The summed E-state index contributed by atoms with van der Waals surface area (Å²) in [5, 5.41) is 5.46. The molecule has 1 rings (SSSR count). The summed E-state index contributed by atoms with van der Waals surface area (Å²) in [6.07, 6.45) is 2.05. The number of nitrogens with two attached hydrogens (primary N) is 1. The largest absolute Gasteiger partial charge is 0.375 e. The van der Waals surface area contributed by atoms with Gasteiger partial charge < -0.3 is 21.1 Å². The summed E-state index contributed by atoms with van der Waals surface area (Å²) in [6, 6.07) is 6.98. The van der Waals surface area contributed by atoms with Crippen LogP contribution in [0.25, 0.3) is 0 Å². The van der Waals surface area contributed by atoms with E-state index in [1.807, 2.05) is 0 Å². The number of nitrogens with one attached hydrogen (secondary N) is 2. The van der Waals surface area contributed by atoms with Crippen LogP contribution in [0.1, 0.15) is 19.3 Å². The molecule has 0 spiro atoms. The highest BCUT2D eigenvalue weighted by molar-refractivity contribution is 5.94. The summed E-state index contributed by atoms with van der Waals surface area (Å²) in [5.74, 6) is -0.294. The van der Waals surface area contributed by atoms with Crippen LogP contribution in [-0.4, -0.2) is 32.1 Å². The Bertz CT molecular complexity index is 449. The highest BCUT2D eigenvalue weighted by atomic mass is 16.5. The second-order valence-corrected chi connectivity index (χ2v) is 4.36. The average Bonchev–Trinajstić information content (AvgIpc) is 2.39. The van der Waals surface area contributed by atoms with Crippen molar-refractivity contribution in [2.24, 2.45) is 5.73 Å². The molecule has 6 nitrogen and oxygen atoms in total. The minimum Gasteiger partial charge on any atom is -0.375 e. The second-order valence-electron chi connectivity index (χ2n) is 4.36. The molecule has 4 N–H and O–H groups in total. The summed E-state index contributed by atoms with van der Waals surface area (Å²) >= 11 is 0. The molecular formula is C14H21N3O3. The van der Waals surface area contributed by atoms with Crippen molar-refractivity contribution in [2.75, 3.05) is 30.9 Å². The molecule has 0 saturated heterocycles. The number of hydrogen-bond acceptors (Lipinski definition) is 4. The number of anilines is 2. The molecule has 1 aromatic carbocycles. The molecule has 0 heterocycles. The Hall–Kier alpha value is -1.92. The van der Waals surface area contributed by atoms with Crippen molar-refractivity contribution in [3.63, 3.8) is 0 Å². The molecule has 110 valence electrons. The monoisotopic (exact) mass is 279 g/mol. The van der Waals surface area contributed by atoms with Crippen LogP contribution in [0.3, 0.4) is 0 Å². The van der Waals surface area contributed by atoms with Gasteiger partial charge in [0.1, 0.15) is 6.61 Å². The van der Waals surface area contributed by atoms with Crippen LogP contribution in [0.15, 0.2) is 24.3 Å². The zero-order valence-electron chi connectivity index (χ0n) is 11.6. The zero-order valence-corrected chi connectivity index (χ0v) is 11.6. The van der Waals surface area contributed by atoms with Crippen LogP contribution in [0, 0.1) is 0 Å². The van der Waals surface area contributed by atoms with Crippen LogP contribution >= 0.6 is 0 Å². The van der Waals surface area contributed by atoms with E-state index >= 15 is 0 Å². The molecule has 0 unspecified atom stereocenters. The Kier molecular flexibility index (Phi) is 7.31. The third-order valence-electron chi connectivity index (χ3n) is 2.56. The Morgan fingerprint density at radius 1 is 1.15 bits per heavy atom. The lowest BCUT2D eigenvalue weighted by molar-refractivity contribution is -0.119. The van der Waals surface area contributed by atoms with Gasteiger partial charge in [-0.05, 0) is 37.6 Å². The highest BCUT2D eigenvalue weighted by Crippen LogP contribution is 2.15. The quantitative estimate of drug-likeness (QED) is 0.626. The number of unbranched alkanes of at least 4 members (excludes halogenated alkanes) is 1. The van der Waals surface area contributed by atoms with Gasteiger partial charge in [-0.3, -0.25) is 9.59 Å². The number of ether oxygens (including phenoxy) is 1. The van der Waals surface area contributed by atoms with Crippen molar-refractivity contribution in [3.05, 3.63) is 24.3 Å². The SMILES string of the molecule is COCC(=O)Nc1cccc(NC(=O)CCCCN)c1. The van der Waals surface area contributed by atoms with Gasteiger partial charge in [-0.15, -0.1) is 0 Å². The molecular weight excluding hydrogens is 258 g/mol. The van der Waals surface area contributed by atoms with Crippen LogP contribution in [-0.2, 0) is 14.3 Å². The molecule has 6 heteroatoms. The lowest BCUT2D eigenvalue weighted by Crippen LogP contribution is -2.17. The van der Waals surface area contributed by atoms with Crippen molar-refractivity contribution in [1.29, 1.82) is 0 Å². The van der Waals surface area contributed by atoms with Crippen molar-refractivity contribution in [3.8, 4) is 0 Å². The van der Waals surface area contributed by atoms with Gasteiger partial charge in [0.15, 0.2) is 0 Å². The third-order valence-corrected chi connectivity index (χ3v) is 2.56. The first kappa shape index (κ1) is 16.1. The molecule has 0 aliphatic heterocycles. The molecule has 0 aliphatic carbocycles. The van der Waals surface area contributed by atoms with Gasteiger partial charge in [0.25, 0.3) is 0 Å². The number of benzene rings is 1. The number of carbonyl (C=O) groups excluding carboxylic acids is 2. The van der Waals surface area contributed by atoms with E-state index < -0.39 is 0 Å². The first-order valence-corrected chi connectivity index (χ1v) is 6.54. The summed E-state index contributed by atoms with van der Waals surface area (Å²) in [7, 11) is 1.46. The number of amides is 2. The van der Waals surface area contributed by atoms with Crippen LogP contribution < -0.4 is 16.4 Å². The Balaban J connectivity index is 2.50. The maximum Gasteiger partial charge on any atom is 0.250 e. The standard InChI is InChI=1S/C14H21N3O3/c1-20-10-14(19)17-12-6-4-5-11(9-12)16-13(18)7-2-3-8-15/h4-6,9H,2-3,7-8,10,15H2,1H3,(H,16,18)(H,17,19). The van der Waals surface area contributed by atoms with Crippen molar-refractivity contribution >= 4 is 23.2 Å². The minimum absolute atomic E-state index is 0.00429. The fraction of sp³-hybridized carbons (Fsp3) is 0.429. The normalized spacial score (nSPS) is 10.1. The zero-order chi connectivity index (χ0) is 14.8. The van der Waals surface area contributed by atoms with Crippen LogP contribution in [0.2, 0.25) is 0 Å². The maximum atomic E-state index is 11.7. The first-order chi connectivity index (χ1) is 9.65. The van der Waals surface area contributed by atoms with Crippen LogP contribution in [0.4, 0.5) is 11.4 Å². The lowest BCUT2D eigenvalue weighted by Gasteiger charge is -2.08. The maximum absolute atomic E-state index is 11.7. The van der Waals surface area contributed by atoms with Gasteiger partial charge in [-0.2, -0.15) is 0 Å². The van der Waals surface area contributed by atoms with Crippen molar-refractivity contribution in [2.45, 2.75) is 19.3 Å². The molecule has 2 amide bonds. The van der Waals surface area contributed by atoms with Gasteiger partial charge in [0.05, 0.1) is 0 Å². The summed E-state index contributed by atoms with van der Waals surface area (Å²) < 4.78 is 4.73. The van der Waals surface area contributed by atoms with E-state index in [0.717, 1.165) is 12.8 Å². The van der Waals surface area contributed by atoms with Gasteiger partial charge in [0.2, 0.25) is 11.8 Å².